The topological polar surface area (TPSA) is 96.0 Å². The standard InChI is InChI=1S/C16H23NO3.C16H17NO3/c2*1-16(2,15(18)19-3)20-14-8-4-6-12(10-14)13-7-5-9-17-11-13/h4,6,8,10,13,17H,5,7,9,11H2,1-3H3;4-11H,1-3H3. The summed E-state index contributed by atoms with van der Waals surface area (Å²) in [6.45, 7) is 8.89. The summed E-state index contributed by atoms with van der Waals surface area (Å²) in [5, 5.41) is 3.41. The van der Waals surface area contributed by atoms with Gasteiger partial charge in [0.15, 0.2) is 11.2 Å². The van der Waals surface area contributed by atoms with Gasteiger partial charge in [0.1, 0.15) is 11.5 Å². The average molecular weight is 549 g/mol. The van der Waals surface area contributed by atoms with Gasteiger partial charge in [-0.1, -0.05) is 30.3 Å². The second kappa shape index (κ2) is 13.9. The van der Waals surface area contributed by atoms with Crippen LogP contribution in [0.15, 0.2) is 73.1 Å². The third kappa shape index (κ3) is 8.55. The molecule has 1 saturated heterocycles. The van der Waals surface area contributed by atoms with Crippen LogP contribution in [0.1, 0.15) is 52.0 Å². The lowest BCUT2D eigenvalue weighted by Crippen LogP contribution is -2.39. The molecule has 40 heavy (non-hydrogen) atoms. The van der Waals surface area contributed by atoms with Gasteiger partial charge >= 0.3 is 11.9 Å². The number of rotatable bonds is 8. The van der Waals surface area contributed by atoms with Crippen LogP contribution in [-0.4, -0.2) is 55.4 Å². The Morgan fingerprint density at radius 3 is 1.98 bits per heavy atom. The molecule has 3 aromatic rings. The summed E-state index contributed by atoms with van der Waals surface area (Å²) >= 11 is 0. The fraction of sp³-hybridized carbons (Fsp3) is 0.406. The maximum Gasteiger partial charge on any atom is 0.349 e. The summed E-state index contributed by atoms with van der Waals surface area (Å²) in [5.41, 5.74) is 1.24. The zero-order chi connectivity index (χ0) is 29.2. The number of benzene rings is 2. The average Bonchev–Trinajstić information content (AvgIpc) is 2.97. The van der Waals surface area contributed by atoms with E-state index in [1.807, 2.05) is 54.6 Å². The molecule has 0 saturated carbocycles. The van der Waals surface area contributed by atoms with Crippen molar-refractivity contribution >= 4 is 11.9 Å². The number of pyridine rings is 1. The summed E-state index contributed by atoms with van der Waals surface area (Å²) in [7, 11) is 2.72. The number of methoxy groups -OCH3 is 2. The van der Waals surface area contributed by atoms with Crippen LogP contribution in [0.4, 0.5) is 0 Å². The number of hydrogen-bond acceptors (Lipinski definition) is 8. The largest absolute Gasteiger partial charge is 0.476 e. The molecule has 0 amide bonds. The SMILES string of the molecule is COC(=O)C(C)(C)Oc1cccc(-c2cccnc2)c1.COC(=O)C(C)(C)Oc1cccc(C2CCCNC2)c1. The lowest BCUT2D eigenvalue weighted by molar-refractivity contribution is -0.156. The van der Waals surface area contributed by atoms with E-state index in [4.69, 9.17) is 18.9 Å². The van der Waals surface area contributed by atoms with Crippen molar-refractivity contribution in [3.05, 3.63) is 78.6 Å². The summed E-state index contributed by atoms with van der Waals surface area (Å²) in [5.74, 6) is 1.06. The monoisotopic (exact) mass is 548 g/mol. The van der Waals surface area contributed by atoms with E-state index >= 15 is 0 Å². The van der Waals surface area contributed by atoms with Crippen molar-refractivity contribution in [3.63, 3.8) is 0 Å². The van der Waals surface area contributed by atoms with E-state index in [-0.39, 0.29) is 5.97 Å². The number of carbonyl (C=O) groups excluding carboxylic acids is 2. The zero-order valence-electron chi connectivity index (χ0n) is 24.2. The number of aromatic nitrogens is 1. The first-order valence-electron chi connectivity index (χ1n) is 13.4. The Hall–Kier alpha value is -3.91. The quantitative estimate of drug-likeness (QED) is 0.366. The molecule has 2 heterocycles. The van der Waals surface area contributed by atoms with E-state index < -0.39 is 17.2 Å². The maximum absolute atomic E-state index is 11.7. The Bertz CT molecular complexity index is 1250. The van der Waals surface area contributed by atoms with Crippen molar-refractivity contribution < 1.29 is 28.5 Å². The molecule has 1 aliphatic heterocycles. The number of nitrogens with zero attached hydrogens (tertiary/aromatic N) is 1. The summed E-state index contributed by atoms with van der Waals surface area (Å²) in [6.07, 6.45) is 5.90. The minimum atomic E-state index is -1.03. The lowest BCUT2D eigenvalue weighted by atomic mass is 9.91. The van der Waals surface area contributed by atoms with Crippen LogP contribution in [0, 0.1) is 0 Å². The maximum atomic E-state index is 11.7. The first kappa shape index (κ1) is 30.6. The van der Waals surface area contributed by atoms with Crippen LogP contribution >= 0.6 is 0 Å². The molecule has 0 radical (unpaired) electrons. The highest BCUT2D eigenvalue weighted by atomic mass is 16.6. The van der Waals surface area contributed by atoms with Crippen LogP contribution in [0.5, 0.6) is 11.5 Å². The third-order valence-corrected chi connectivity index (χ3v) is 6.56. The number of nitrogens with one attached hydrogen (secondary N) is 1. The molecule has 4 rings (SSSR count). The molecular weight excluding hydrogens is 508 g/mol. The van der Waals surface area contributed by atoms with Gasteiger partial charge in [0, 0.05) is 24.5 Å². The number of ether oxygens (including phenoxy) is 4. The second-order valence-corrected chi connectivity index (χ2v) is 10.6. The van der Waals surface area contributed by atoms with E-state index in [2.05, 4.69) is 16.4 Å². The molecule has 1 N–H and O–H groups in total. The fourth-order valence-electron chi connectivity index (χ4n) is 4.41. The third-order valence-electron chi connectivity index (χ3n) is 6.56. The van der Waals surface area contributed by atoms with Crippen LogP contribution in [0.3, 0.4) is 0 Å². The molecule has 214 valence electrons. The first-order valence-corrected chi connectivity index (χ1v) is 13.4. The Balaban J connectivity index is 0.000000220. The number of hydrogen-bond donors (Lipinski definition) is 1. The predicted molar refractivity (Wildman–Crippen MR) is 154 cm³/mol. The molecule has 1 aromatic heterocycles. The van der Waals surface area contributed by atoms with Crippen LogP contribution in [-0.2, 0) is 19.1 Å². The smallest absolute Gasteiger partial charge is 0.349 e. The Kier molecular flexibility index (Phi) is 10.7. The van der Waals surface area contributed by atoms with Gasteiger partial charge < -0.3 is 24.3 Å². The molecule has 8 nitrogen and oxygen atoms in total. The minimum absolute atomic E-state index is 0.373. The summed E-state index contributed by atoms with van der Waals surface area (Å²) in [6, 6.07) is 19.4. The lowest BCUT2D eigenvalue weighted by Gasteiger charge is -2.26. The Morgan fingerprint density at radius 1 is 0.825 bits per heavy atom. The van der Waals surface area contributed by atoms with Gasteiger partial charge in [-0.25, -0.2) is 9.59 Å². The molecule has 1 aliphatic rings. The van der Waals surface area contributed by atoms with Gasteiger partial charge in [0.05, 0.1) is 14.2 Å². The molecule has 0 bridgehead atoms. The van der Waals surface area contributed by atoms with Gasteiger partial charge in [-0.05, 0) is 94.5 Å². The molecule has 2 aromatic carbocycles. The van der Waals surface area contributed by atoms with E-state index in [1.54, 1.807) is 40.1 Å². The number of carbonyl (C=O) groups is 2. The normalized spacial score (nSPS) is 15.2. The van der Waals surface area contributed by atoms with Gasteiger partial charge in [-0.2, -0.15) is 0 Å². The Morgan fingerprint density at radius 2 is 1.43 bits per heavy atom. The molecule has 8 heteroatoms. The minimum Gasteiger partial charge on any atom is -0.476 e. The van der Waals surface area contributed by atoms with Gasteiger partial charge in [0.25, 0.3) is 0 Å². The second-order valence-electron chi connectivity index (χ2n) is 10.6. The van der Waals surface area contributed by atoms with E-state index in [9.17, 15) is 9.59 Å². The van der Waals surface area contributed by atoms with Gasteiger partial charge in [0.2, 0.25) is 0 Å². The van der Waals surface area contributed by atoms with Crippen LogP contribution in [0.25, 0.3) is 11.1 Å². The van der Waals surface area contributed by atoms with E-state index in [0.717, 1.165) is 24.2 Å². The van der Waals surface area contributed by atoms with Crippen molar-refractivity contribution in [2.24, 2.45) is 0 Å². The predicted octanol–water partition coefficient (Wildman–Crippen LogP) is 5.56. The van der Waals surface area contributed by atoms with Gasteiger partial charge in [-0.15, -0.1) is 0 Å². The summed E-state index contributed by atoms with van der Waals surface area (Å²) < 4.78 is 21.0. The number of piperidine rings is 1. The zero-order valence-corrected chi connectivity index (χ0v) is 24.2. The van der Waals surface area contributed by atoms with E-state index in [1.165, 1.54) is 32.6 Å². The molecule has 1 unspecified atom stereocenters. The molecule has 0 spiro atoms. The Labute approximate surface area is 237 Å². The van der Waals surface area contributed by atoms with Crippen molar-refractivity contribution in [1.29, 1.82) is 0 Å². The fourth-order valence-corrected chi connectivity index (χ4v) is 4.41. The number of esters is 2. The molecule has 1 fully saturated rings. The highest BCUT2D eigenvalue weighted by Gasteiger charge is 2.32. The van der Waals surface area contributed by atoms with Crippen molar-refractivity contribution in [2.75, 3.05) is 27.3 Å². The van der Waals surface area contributed by atoms with Gasteiger partial charge in [-0.3, -0.25) is 4.98 Å². The van der Waals surface area contributed by atoms with Crippen molar-refractivity contribution in [1.82, 2.24) is 10.3 Å². The van der Waals surface area contributed by atoms with E-state index in [0.29, 0.717) is 17.4 Å². The first-order chi connectivity index (χ1) is 19.1. The molecule has 0 aliphatic carbocycles. The van der Waals surface area contributed by atoms with Crippen LogP contribution < -0.4 is 14.8 Å². The highest BCUT2D eigenvalue weighted by Crippen LogP contribution is 2.28. The summed E-state index contributed by atoms with van der Waals surface area (Å²) in [4.78, 5) is 27.4. The highest BCUT2D eigenvalue weighted by molar-refractivity contribution is 5.79. The van der Waals surface area contributed by atoms with Crippen molar-refractivity contribution in [2.45, 2.75) is 57.7 Å². The molecule has 1 atom stereocenters. The van der Waals surface area contributed by atoms with Crippen molar-refractivity contribution in [3.8, 4) is 22.6 Å². The molecular formula is C32H40N2O6. The van der Waals surface area contributed by atoms with Crippen LogP contribution in [0.2, 0.25) is 0 Å².